The summed E-state index contributed by atoms with van der Waals surface area (Å²) >= 11 is 0. The van der Waals surface area contributed by atoms with Crippen LogP contribution in [0.1, 0.15) is 54.6 Å². The summed E-state index contributed by atoms with van der Waals surface area (Å²) < 4.78 is 0. The fraction of sp³-hybridized carbons (Fsp3) is 0.550. The van der Waals surface area contributed by atoms with E-state index in [1.54, 1.807) is 0 Å². The van der Waals surface area contributed by atoms with Crippen LogP contribution in [0.4, 0.5) is 0 Å². The number of nitrogens with one attached hydrogen (secondary N) is 1. The maximum atomic E-state index is 5.03. The number of aromatic nitrogens is 1. The Bertz CT molecular complexity index is 686. The molecule has 2 heteroatoms. The van der Waals surface area contributed by atoms with Crippen LogP contribution in [0.3, 0.4) is 0 Å². The highest BCUT2D eigenvalue weighted by atomic mass is 14.9. The van der Waals surface area contributed by atoms with Gasteiger partial charge in [-0.3, -0.25) is 4.98 Å². The van der Waals surface area contributed by atoms with Crippen molar-refractivity contribution < 1.29 is 0 Å². The van der Waals surface area contributed by atoms with Crippen molar-refractivity contribution >= 4 is 10.9 Å². The van der Waals surface area contributed by atoms with E-state index in [2.05, 4.69) is 45.1 Å². The van der Waals surface area contributed by atoms with Gasteiger partial charge in [0.15, 0.2) is 0 Å². The second-order valence-corrected chi connectivity index (χ2v) is 7.23. The van der Waals surface area contributed by atoms with Crippen molar-refractivity contribution in [2.45, 2.75) is 59.9 Å². The van der Waals surface area contributed by atoms with Crippen molar-refractivity contribution in [2.24, 2.45) is 5.92 Å². The summed E-state index contributed by atoms with van der Waals surface area (Å²) in [5.41, 5.74) is 8.26. The van der Waals surface area contributed by atoms with Crippen molar-refractivity contribution in [3.63, 3.8) is 0 Å². The second kappa shape index (κ2) is 6.37. The monoisotopic (exact) mass is 296 g/mol. The molecule has 0 bridgehead atoms. The van der Waals surface area contributed by atoms with Gasteiger partial charge in [-0.25, -0.2) is 0 Å². The van der Waals surface area contributed by atoms with Crippen LogP contribution in [0.2, 0.25) is 0 Å². The lowest BCUT2D eigenvalue weighted by Gasteiger charge is -2.22. The number of aryl methyl sites for hydroxylation is 3. The fourth-order valence-corrected chi connectivity index (χ4v) is 3.66. The number of hydrogen-bond donors (Lipinski definition) is 1. The minimum atomic E-state index is 0.687. The van der Waals surface area contributed by atoms with E-state index < -0.39 is 0 Å². The number of benzene rings is 1. The lowest BCUT2D eigenvalue weighted by Crippen LogP contribution is -2.21. The van der Waals surface area contributed by atoms with Gasteiger partial charge in [-0.05, 0) is 74.8 Å². The first-order valence-electron chi connectivity index (χ1n) is 8.68. The van der Waals surface area contributed by atoms with Crippen molar-refractivity contribution in [2.75, 3.05) is 6.54 Å². The molecule has 0 spiro atoms. The van der Waals surface area contributed by atoms with E-state index in [0.29, 0.717) is 5.92 Å². The first-order valence-corrected chi connectivity index (χ1v) is 8.68. The first kappa shape index (κ1) is 15.5. The van der Waals surface area contributed by atoms with E-state index in [4.69, 9.17) is 4.98 Å². The van der Waals surface area contributed by atoms with Crippen LogP contribution in [-0.4, -0.2) is 11.5 Å². The van der Waals surface area contributed by atoms with Crippen LogP contribution in [0, 0.1) is 19.8 Å². The molecule has 1 aliphatic carbocycles. The first-order chi connectivity index (χ1) is 10.6. The van der Waals surface area contributed by atoms with E-state index in [-0.39, 0.29) is 0 Å². The Morgan fingerprint density at radius 3 is 2.68 bits per heavy atom. The lowest BCUT2D eigenvalue weighted by atomic mass is 9.88. The van der Waals surface area contributed by atoms with Gasteiger partial charge in [-0.2, -0.15) is 0 Å². The van der Waals surface area contributed by atoms with Gasteiger partial charge in [-0.15, -0.1) is 0 Å². The fourth-order valence-electron chi connectivity index (χ4n) is 3.66. The Morgan fingerprint density at radius 1 is 1.14 bits per heavy atom. The molecule has 22 heavy (non-hydrogen) atoms. The van der Waals surface area contributed by atoms with Crippen molar-refractivity contribution in [1.29, 1.82) is 0 Å². The summed E-state index contributed by atoms with van der Waals surface area (Å²) in [6, 6.07) is 4.59. The molecule has 0 saturated carbocycles. The number of rotatable bonds is 4. The molecule has 118 valence electrons. The third-order valence-electron chi connectivity index (χ3n) is 4.67. The molecule has 1 aliphatic rings. The zero-order valence-corrected chi connectivity index (χ0v) is 14.4. The van der Waals surface area contributed by atoms with Gasteiger partial charge in [-0.1, -0.05) is 25.5 Å². The smallest absolute Gasteiger partial charge is 0.0738 e. The molecular weight excluding hydrogens is 268 g/mol. The molecule has 0 saturated heterocycles. The molecule has 2 aromatic rings. The quantitative estimate of drug-likeness (QED) is 0.900. The predicted octanol–water partition coefficient (Wildman–Crippen LogP) is 4.48. The molecule has 0 atom stereocenters. The molecule has 2 nitrogen and oxygen atoms in total. The summed E-state index contributed by atoms with van der Waals surface area (Å²) in [6.45, 7) is 11.0. The summed E-state index contributed by atoms with van der Waals surface area (Å²) in [4.78, 5) is 5.03. The van der Waals surface area contributed by atoms with E-state index in [0.717, 1.165) is 19.5 Å². The minimum absolute atomic E-state index is 0.687. The van der Waals surface area contributed by atoms with Crippen LogP contribution >= 0.6 is 0 Å². The Balaban J connectivity index is 2.12. The van der Waals surface area contributed by atoms with Crippen molar-refractivity contribution in [1.82, 2.24) is 10.3 Å². The molecule has 0 amide bonds. The van der Waals surface area contributed by atoms with Crippen LogP contribution in [0.15, 0.2) is 12.1 Å². The summed E-state index contributed by atoms with van der Waals surface area (Å²) in [7, 11) is 0. The predicted molar refractivity (Wildman–Crippen MR) is 94.4 cm³/mol. The lowest BCUT2D eigenvalue weighted by molar-refractivity contribution is 0.549. The number of nitrogens with zero attached hydrogens (tertiary/aromatic N) is 1. The molecular formula is C20H28N2. The van der Waals surface area contributed by atoms with E-state index in [9.17, 15) is 0 Å². The molecule has 0 fully saturated rings. The topological polar surface area (TPSA) is 24.9 Å². The number of fused-ring (bicyclic) bond motifs is 2. The van der Waals surface area contributed by atoms with Gasteiger partial charge in [0.25, 0.3) is 0 Å². The second-order valence-electron chi connectivity index (χ2n) is 7.23. The summed E-state index contributed by atoms with van der Waals surface area (Å²) in [5.74, 6) is 0.687. The Labute approximate surface area is 134 Å². The Hall–Kier alpha value is -1.41. The zero-order chi connectivity index (χ0) is 15.7. The van der Waals surface area contributed by atoms with E-state index >= 15 is 0 Å². The number of pyridine rings is 1. The average Bonchev–Trinajstić information content (AvgIpc) is 2.47. The minimum Gasteiger partial charge on any atom is -0.312 e. The zero-order valence-electron chi connectivity index (χ0n) is 14.4. The Kier molecular flexibility index (Phi) is 4.49. The van der Waals surface area contributed by atoms with Crippen LogP contribution < -0.4 is 5.32 Å². The highest BCUT2D eigenvalue weighted by Crippen LogP contribution is 2.31. The molecule has 3 rings (SSSR count). The molecule has 1 heterocycles. The molecule has 1 aromatic heterocycles. The average molecular weight is 296 g/mol. The highest BCUT2D eigenvalue weighted by molar-refractivity contribution is 5.87. The van der Waals surface area contributed by atoms with Gasteiger partial charge in [0.2, 0.25) is 0 Å². The molecule has 0 unspecified atom stereocenters. The van der Waals surface area contributed by atoms with Gasteiger partial charge >= 0.3 is 0 Å². The summed E-state index contributed by atoms with van der Waals surface area (Å²) in [6.07, 6.45) is 4.94. The van der Waals surface area contributed by atoms with Crippen LogP contribution in [0.5, 0.6) is 0 Å². The van der Waals surface area contributed by atoms with Crippen molar-refractivity contribution in [3.8, 4) is 0 Å². The largest absolute Gasteiger partial charge is 0.312 e. The Morgan fingerprint density at radius 2 is 1.91 bits per heavy atom. The van der Waals surface area contributed by atoms with Gasteiger partial charge in [0.05, 0.1) is 5.52 Å². The van der Waals surface area contributed by atoms with Gasteiger partial charge < -0.3 is 5.32 Å². The van der Waals surface area contributed by atoms with Crippen LogP contribution in [-0.2, 0) is 19.4 Å². The van der Waals surface area contributed by atoms with E-state index in [1.165, 1.54) is 58.1 Å². The molecule has 1 aromatic carbocycles. The van der Waals surface area contributed by atoms with E-state index in [1.807, 2.05) is 0 Å². The number of hydrogen-bond acceptors (Lipinski definition) is 2. The maximum absolute atomic E-state index is 5.03. The standard InChI is InChI=1S/C20H28N2/c1-13(2)11-21-12-18-16-7-5-6-8-19(16)22-20-15(4)9-14(3)10-17(18)20/h9-10,13,21H,5-8,11-12H2,1-4H3. The maximum Gasteiger partial charge on any atom is 0.0738 e. The molecule has 1 N–H and O–H groups in total. The SMILES string of the molecule is Cc1cc(C)c2nc3c(c(CNCC(C)C)c2c1)CCCC3. The van der Waals surface area contributed by atoms with Gasteiger partial charge in [0, 0.05) is 17.6 Å². The summed E-state index contributed by atoms with van der Waals surface area (Å²) in [5, 5.41) is 5.02. The third kappa shape index (κ3) is 3.03. The normalized spacial score (nSPS) is 14.6. The third-order valence-corrected chi connectivity index (χ3v) is 4.67. The van der Waals surface area contributed by atoms with Crippen LogP contribution in [0.25, 0.3) is 10.9 Å². The van der Waals surface area contributed by atoms with Crippen molar-refractivity contribution in [3.05, 3.63) is 40.1 Å². The van der Waals surface area contributed by atoms with Gasteiger partial charge in [0.1, 0.15) is 0 Å². The highest BCUT2D eigenvalue weighted by Gasteiger charge is 2.18. The molecule has 0 radical (unpaired) electrons. The molecule has 0 aliphatic heterocycles.